The molecule has 92 valence electrons. The van der Waals surface area contributed by atoms with Gasteiger partial charge in [-0.1, -0.05) is 30.3 Å². The van der Waals surface area contributed by atoms with E-state index < -0.39 is 6.09 Å². The first-order valence-electron chi connectivity index (χ1n) is 5.70. The van der Waals surface area contributed by atoms with Crippen molar-refractivity contribution in [2.24, 2.45) is 5.92 Å². The van der Waals surface area contributed by atoms with Gasteiger partial charge in [-0.25, -0.2) is 4.79 Å². The SMILES string of the molecule is CN(C[C@]1(c2ccccc2)C[C@H]1CO)C(=O)O. The van der Waals surface area contributed by atoms with Gasteiger partial charge in [0.15, 0.2) is 0 Å². The average molecular weight is 235 g/mol. The van der Waals surface area contributed by atoms with E-state index in [-0.39, 0.29) is 17.9 Å². The third kappa shape index (κ3) is 2.13. The highest BCUT2D eigenvalue weighted by atomic mass is 16.4. The van der Waals surface area contributed by atoms with Gasteiger partial charge in [-0.05, 0) is 17.9 Å². The maximum atomic E-state index is 10.9. The molecule has 2 N–H and O–H groups in total. The fourth-order valence-electron chi connectivity index (χ4n) is 2.52. The number of nitrogens with zero attached hydrogens (tertiary/aromatic N) is 1. The zero-order chi connectivity index (χ0) is 12.5. The van der Waals surface area contributed by atoms with Crippen LogP contribution in [-0.4, -0.2) is 41.4 Å². The van der Waals surface area contributed by atoms with Gasteiger partial charge < -0.3 is 15.1 Å². The van der Waals surface area contributed by atoms with Crippen molar-refractivity contribution in [2.75, 3.05) is 20.2 Å². The molecular formula is C13H17NO3. The zero-order valence-corrected chi connectivity index (χ0v) is 9.84. The molecule has 1 fully saturated rings. The molecule has 4 heteroatoms. The van der Waals surface area contributed by atoms with E-state index in [9.17, 15) is 9.90 Å². The Bertz CT molecular complexity index is 406. The van der Waals surface area contributed by atoms with Gasteiger partial charge in [0.1, 0.15) is 0 Å². The fraction of sp³-hybridized carbons (Fsp3) is 0.462. The number of hydrogen-bond donors (Lipinski definition) is 2. The summed E-state index contributed by atoms with van der Waals surface area (Å²) in [6, 6.07) is 9.85. The molecule has 4 nitrogen and oxygen atoms in total. The van der Waals surface area contributed by atoms with E-state index in [0.29, 0.717) is 6.54 Å². The molecule has 0 unspecified atom stereocenters. The van der Waals surface area contributed by atoms with Crippen LogP contribution in [0.2, 0.25) is 0 Å². The van der Waals surface area contributed by atoms with Crippen LogP contribution in [0.3, 0.4) is 0 Å². The van der Waals surface area contributed by atoms with Crippen LogP contribution in [0.25, 0.3) is 0 Å². The Balaban J connectivity index is 2.21. The molecule has 2 atom stereocenters. The first kappa shape index (κ1) is 11.9. The van der Waals surface area contributed by atoms with Crippen LogP contribution in [0.15, 0.2) is 30.3 Å². The number of carboxylic acid groups (broad SMARTS) is 1. The second kappa shape index (κ2) is 4.37. The van der Waals surface area contributed by atoms with Crippen molar-refractivity contribution < 1.29 is 15.0 Å². The summed E-state index contributed by atoms with van der Waals surface area (Å²) in [4.78, 5) is 12.2. The summed E-state index contributed by atoms with van der Waals surface area (Å²) in [7, 11) is 1.57. The van der Waals surface area contributed by atoms with Gasteiger partial charge in [-0.3, -0.25) is 0 Å². The lowest BCUT2D eigenvalue weighted by molar-refractivity contribution is 0.149. The summed E-state index contributed by atoms with van der Waals surface area (Å²) in [6.07, 6.45) is -0.0746. The highest BCUT2D eigenvalue weighted by molar-refractivity contribution is 5.65. The second-order valence-corrected chi connectivity index (χ2v) is 4.74. The summed E-state index contributed by atoms with van der Waals surface area (Å²) in [5, 5.41) is 18.2. The number of aliphatic hydroxyl groups excluding tert-OH is 1. The normalized spacial score (nSPS) is 26.6. The van der Waals surface area contributed by atoms with Crippen molar-refractivity contribution in [3.05, 3.63) is 35.9 Å². The number of carbonyl (C=O) groups is 1. The lowest BCUT2D eigenvalue weighted by atomic mass is 9.93. The molecule has 1 aliphatic rings. The number of benzene rings is 1. The van der Waals surface area contributed by atoms with E-state index in [4.69, 9.17) is 5.11 Å². The average Bonchev–Trinajstić information content (AvgIpc) is 3.05. The topological polar surface area (TPSA) is 60.8 Å². The van der Waals surface area contributed by atoms with E-state index in [1.54, 1.807) is 7.05 Å². The van der Waals surface area contributed by atoms with Crippen LogP contribution in [0, 0.1) is 5.92 Å². The highest BCUT2D eigenvalue weighted by Gasteiger charge is 2.55. The minimum absolute atomic E-state index is 0.113. The monoisotopic (exact) mass is 235 g/mol. The summed E-state index contributed by atoms with van der Waals surface area (Å²) < 4.78 is 0. The Kier molecular flexibility index (Phi) is 3.07. The molecule has 1 saturated carbocycles. The molecule has 1 aromatic rings. The molecule has 0 aliphatic heterocycles. The molecule has 0 bridgehead atoms. The number of amides is 1. The van der Waals surface area contributed by atoms with Crippen molar-refractivity contribution in [2.45, 2.75) is 11.8 Å². The molecule has 1 aromatic carbocycles. The lowest BCUT2D eigenvalue weighted by Gasteiger charge is -2.23. The minimum Gasteiger partial charge on any atom is -0.465 e. The highest BCUT2D eigenvalue weighted by Crippen LogP contribution is 2.54. The molecular weight excluding hydrogens is 218 g/mol. The van der Waals surface area contributed by atoms with Crippen molar-refractivity contribution in [1.82, 2.24) is 4.90 Å². The van der Waals surface area contributed by atoms with Crippen molar-refractivity contribution in [3.8, 4) is 0 Å². The molecule has 0 aromatic heterocycles. The van der Waals surface area contributed by atoms with Crippen LogP contribution in [0.1, 0.15) is 12.0 Å². The number of rotatable bonds is 4. The maximum absolute atomic E-state index is 10.9. The Morgan fingerprint density at radius 1 is 1.47 bits per heavy atom. The van der Waals surface area contributed by atoms with Gasteiger partial charge in [-0.2, -0.15) is 0 Å². The summed E-state index contributed by atoms with van der Waals surface area (Å²) >= 11 is 0. The Labute approximate surface area is 100 Å². The van der Waals surface area contributed by atoms with Crippen LogP contribution in [0.4, 0.5) is 4.79 Å². The minimum atomic E-state index is -0.927. The molecule has 2 rings (SSSR count). The molecule has 0 spiro atoms. The lowest BCUT2D eigenvalue weighted by Crippen LogP contribution is -2.34. The van der Waals surface area contributed by atoms with Gasteiger partial charge in [-0.15, -0.1) is 0 Å². The molecule has 0 radical (unpaired) electrons. The molecule has 0 saturated heterocycles. The van der Waals surface area contributed by atoms with Gasteiger partial charge in [0.25, 0.3) is 0 Å². The first-order valence-corrected chi connectivity index (χ1v) is 5.70. The smallest absolute Gasteiger partial charge is 0.407 e. The van der Waals surface area contributed by atoms with Crippen LogP contribution >= 0.6 is 0 Å². The van der Waals surface area contributed by atoms with Crippen molar-refractivity contribution in [1.29, 1.82) is 0 Å². The van der Waals surface area contributed by atoms with Crippen LogP contribution < -0.4 is 0 Å². The van der Waals surface area contributed by atoms with Gasteiger partial charge in [0, 0.05) is 25.6 Å². The largest absolute Gasteiger partial charge is 0.465 e. The molecule has 0 heterocycles. The van der Waals surface area contributed by atoms with Crippen LogP contribution in [-0.2, 0) is 5.41 Å². The van der Waals surface area contributed by atoms with E-state index in [2.05, 4.69) is 0 Å². The van der Waals surface area contributed by atoms with E-state index >= 15 is 0 Å². The van der Waals surface area contributed by atoms with Gasteiger partial charge >= 0.3 is 6.09 Å². The first-order chi connectivity index (χ1) is 8.10. The van der Waals surface area contributed by atoms with Crippen LogP contribution in [0.5, 0.6) is 0 Å². The van der Waals surface area contributed by atoms with Crippen molar-refractivity contribution in [3.63, 3.8) is 0 Å². The molecule has 1 aliphatic carbocycles. The standard InChI is InChI=1S/C13H17NO3/c1-14(12(16)17)9-13(7-11(13)8-15)10-5-3-2-4-6-10/h2-6,11,15H,7-9H2,1H3,(H,16,17)/t11-,13-/m0/s1. The fourth-order valence-corrected chi connectivity index (χ4v) is 2.52. The van der Waals surface area contributed by atoms with E-state index in [1.165, 1.54) is 4.90 Å². The number of likely N-dealkylation sites (N-methyl/N-ethyl adjacent to an activating group) is 1. The van der Waals surface area contributed by atoms with Gasteiger partial charge in [0.2, 0.25) is 0 Å². The van der Waals surface area contributed by atoms with Crippen molar-refractivity contribution >= 4 is 6.09 Å². The number of hydrogen-bond acceptors (Lipinski definition) is 2. The Morgan fingerprint density at radius 3 is 2.59 bits per heavy atom. The van der Waals surface area contributed by atoms with E-state index in [1.807, 2.05) is 30.3 Å². The second-order valence-electron chi connectivity index (χ2n) is 4.74. The predicted molar refractivity (Wildman–Crippen MR) is 64.0 cm³/mol. The number of aliphatic hydroxyl groups is 1. The molecule has 17 heavy (non-hydrogen) atoms. The summed E-state index contributed by atoms with van der Waals surface area (Å²) in [5.41, 5.74) is 0.926. The Morgan fingerprint density at radius 2 is 2.12 bits per heavy atom. The predicted octanol–water partition coefficient (Wildman–Crippen LogP) is 1.55. The maximum Gasteiger partial charge on any atom is 0.407 e. The van der Waals surface area contributed by atoms with Gasteiger partial charge in [0.05, 0.1) is 0 Å². The quantitative estimate of drug-likeness (QED) is 0.832. The summed E-state index contributed by atoms with van der Waals surface area (Å²) in [5.74, 6) is 0.173. The third-order valence-electron chi connectivity index (χ3n) is 3.65. The Hall–Kier alpha value is -1.55. The summed E-state index contributed by atoms with van der Waals surface area (Å²) in [6.45, 7) is 0.555. The zero-order valence-electron chi connectivity index (χ0n) is 9.84. The third-order valence-corrected chi connectivity index (χ3v) is 3.65. The molecule has 1 amide bonds. The van der Waals surface area contributed by atoms with E-state index in [0.717, 1.165) is 12.0 Å².